The molecule has 0 bridgehead atoms. The van der Waals surface area contributed by atoms with Crippen LogP contribution in [0.2, 0.25) is 0 Å². The first-order valence-corrected chi connectivity index (χ1v) is 9.20. The molecule has 6 nitrogen and oxygen atoms in total. The number of imidazole rings is 1. The Labute approximate surface area is 151 Å². The van der Waals surface area contributed by atoms with Gasteiger partial charge in [-0.3, -0.25) is 0 Å². The predicted molar refractivity (Wildman–Crippen MR) is 91.0 cm³/mol. The van der Waals surface area contributed by atoms with Crippen LogP contribution in [0.3, 0.4) is 0 Å². The largest absolute Gasteiger partial charge is 0.501 e. The van der Waals surface area contributed by atoms with Crippen molar-refractivity contribution in [3.63, 3.8) is 0 Å². The number of hydrogen-bond donors (Lipinski definition) is 1. The van der Waals surface area contributed by atoms with E-state index in [4.69, 9.17) is 0 Å². The van der Waals surface area contributed by atoms with Gasteiger partial charge in [0.15, 0.2) is 0 Å². The topological polar surface area (TPSA) is 89.3 Å². The zero-order chi connectivity index (χ0) is 20.0. The lowest BCUT2D eigenvalue weighted by atomic mass is 10.1. The number of rotatable bonds is 4. The number of aryl methyl sites for hydroxylation is 1. The molecule has 3 aromatic rings. The third-order valence-corrected chi connectivity index (χ3v) is 5.53. The van der Waals surface area contributed by atoms with Crippen molar-refractivity contribution in [2.75, 3.05) is 0 Å². The van der Waals surface area contributed by atoms with Crippen LogP contribution in [0.5, 0.6) is 0 Å². The van der Waals surface area contributed by atoms with Crippen molar-refractivity contribution in [3.8, 4) is 11.4 Å². The number of halogens is 3. The highest BCUT2D eigenvalue weighted by atomic mass is 32.2. The summed E-state index contributed by atoms with van der Waals surface area (Å²) in [4.78, 5) is 14.8. The number of sulfone groups is 1. The monoisotopic (exact) mass is 398 g/mol. The van der Waals surface area contributed by atoms with Crippen LogP contribution in [0.1, 0.15) is 17.3 Å². The van der Waals surface area contributed by atoms with Crippen LogP contribution in [-0.4, -0.2) is 34.6 Å². The first-order chi connectivity index (χ1) is 12.6. The van der Waals surface area contributed by atoms with Crippen molar-refractivity contribution in [1.82, 2.24) is 9.55 Å². The molecule has 1 aromatic heterocycles. The van der Waals surface area contributed by atoms with Crippen LogP contribution in [0.25, 0.3) is 22.4 Å². The van der Waals surface area contributed by atoms with Gasteiger partial charge in [-0.2, -0.15) is 13.2 Å². The van der Waals surface area contributed by atoms with Crippen LogP contribution >= 0.6 is 0 Å². The second kappa shape index (κ2) is 6.38. The van der Waals surface area contributed by atoms with Gasteiger partial charge in [0.2, 0.25) is 0 Å². The number of alkyl halides is 3. The Kier molecular flexibility index (Phi) is 4.46. The maximum atomic E-state index is 12.8. The van der Waals surface area contributed by atoms with Gasteiger partial charge in [-0.15, -0.1) is 0 Å². The molecule has 0 atom stereocenters. The molecule has 2 aromatic carbocycles. The van der Waals surface area contributed by atoms with Crippen LogP contribution in [0.15, 0.2) is 47.4 Å². The van der Waals surface area contributed by atoms with Crippen molar-refractivity contribution in [3.05, 3.63) is 48.0 Å². The Bertz CT molecular complexity index is 1150. The minimum atomic E-state index is -5.51. The van der Waals surface area contributed by atoms with Gasteiger partial charge in [0.1, 0.15) is 5.82 Å². The number of fused-ring (bicyclic) bond motifs is 1. The van der Waals surface area contributed by atoms with E-state index in [1.165, 1.54) is 18.2 Å². The molecule has 1 N–H and O–H groups in total. The lowest BCUT2D eigenvalue weighted by Gasteiger charge is -2.09. The third-order valence-electron chi connectivity index (χ3n) is 4.05. The molecule has 27 heavy (non-hydrogen) atoms. The highest BCUT2D eigenvalue weighted by Crippen LogP contribution is 2.33. The molecule has 3 rings (SSSR count). The fourth-order valence-electron chi connectivity index (χ4n) is 2.80. The molecular weight excluding hydrogens is 385 g/mol. The first kappa shape index (κ1) is 18.9. The van der Waals surface area contributed by atoms with Crippen LogP contribution in [0, 0.1) is 0 Å². The van der Waals surface area contributed by atoms with Gasteiger partial charge in [-0.25, -0.2) is 18.2 Å². The van der Waals surface area contributed by atoms with E-state index in [-0.39, 0.29) is 22.5 Å². The number of benzene rings is 2. The molecule has 0 amide bonds. The number of carbonyl (C=O) groups is 1. The molecule has 0 fully saturated rings. The number of aromatic nitrogens is 2. The molecule has 0 radical (unpaired) electrons. The number of aromatic carboxylic acids is 1. The highest BCUT2D eigenvalue weighted by Gasteiger charge is 2.47. The third kappa shape index (κ3) is 3.05. The summed E-state index contributed by atoms with van der Waals surface area (Å²) in [5.74, 6) is -0.951. The van der Waals surface area contributed by atoms with Gasteiger partial charge < -0.3 is 9.67 Å². The Hall–Kier alpha value is -2.88. The summed E-state index contributed by atoms with van der Waals surface area (Å²) in [5, 5.41) is 9.36. The van der Waals surface area contributed by atoms with E-state index in [9.17, 15) is 31.5 Å². The average molecular weight is 398 g/mol. The van der Waals surface area contributed by atoms with Crippen molar-refractivity contribution in [2.45, 2.75) is 23.9 Å². The van der Waals surface area contributed by atoms with Crippen LogP contribution < -0.4 is 0 Å². The Morgan fingerprint density at radius 3 is 2.44 bits per heavy atom. The van der Waals surface area contributed by atoms with Crippen LogP contribution in [0.4, 0.5) is 13.2 Å². The Morgan fingerprint density at radius 2 is 1.85 bits per heavy atom. The molecular formula is C17H13F3N2O4S. The van der Waals surface area contributed by atoms with Gasteiger partial charge in [-0.05, 0) is 31.2 Å². The maximum Gasteiger partial charge on any atom is 0.501 e. The SMILES string of the molecule is CCn1c(-c2ccccc2C(=O)O)nc2cc(S(=O)(=O)C(F)(F)F)ccc21. The molecule has 0 aliphatic carbocycles. The van der Waals surface area contributed by atoms with Gasteiger partial charge >= 0.3 is 11.5 Å². The quantitative estimate of drug-likeness (QED) is 0.724. The van der Waals surface area contributed by atoms with E-state index in [1.807, 2.05) is 0 Å². The number of carboxylic acids is 1. The summed E-state index contributed by atoms with van der Waals surface area (Å²) in [6.45, 7) is 2.11. The normalized spacial score (nSPS) is 12.4. The molecule has 0 saturated carbocycles. The van der Waals surface area contributed by atoms with E-state index in [1.54, 1.807) is 23.6 Å². The standard InChI is InChI=1S/C17H13F3N2O4S/c1-2-22-14-8-7-10(27(25,26)17(18,19)20)9-13(14)21-15(22)11-5-3-4-6-12(11)16(23)24/h3-9H,2H2,1H3,(H,23,24). The molecule has 1 heterocycles. The molecule has 0 unspecified atom stereocenters. The molecule has 142 valence electrons. The maximum absolute atomic E-state index is 12.8. The van der Waals surface area contributed by atoms with Crippen molar-refractivity contribution in [2.24, 2.45) is 0 Å². The number of carboxylic acid groups (broad SMARTS) is 1. The fourth-order valence-corrected chi connectivity index (χ4v) is 3.58. The lowest BCUT2D eigenvalue weighted by Crippen LogP contribution is -2.23. The van der Waals surface area contributed by atoms with Gasteiger partial charge in [0.05, 0.1) is 21.5 Å². The fraction of sp³-hybridized carbons (Fsp3) is 0.176. The minimum Gasteiger partial charge on any atom is -0.478 e. The highest BCUT2D eigenvalue weighted by molar-refractivity contribution is 7.92. The van der Waals surface area contributed by atoms with E-state index >= 15 is 0 Å². The second-order valence-electron chi connectivity index (χ2n) is 5.63. The van der Waals surface area contributed by atoms with Crippen LogP contribution in [-0.2, 0) is 16.4 Å². The average Bonchev–Trinajstić information content (AvgIpc) is 2.98. The van der Waals surface area contributed by atoms with Crippen molar-refractivity contribution in [1.29, 1.82) is 0 Å². The smallest absolute Gasteiger partial charge is 0.478 e. The Morgan fingerprint density at radius 1 is 1.19 bits per heavy atom. The van der Waals surface area contributed by atoms with Gasteiger partial charge in [-0.1, -0.05) is 18.2 Å². The zero-order valence-electron chi connectivity index (χ0n) is 13.9. The minimum absolute atomic E-state index is 0.0226. The zero-order valence-corrected chi connectivity index (χ0v) is 14.7. The summed E-state index contributed by atoms with van der Waals surface area (Å²) < 4.78 is 63.3. The van der Waals surface area contributed by atoms with E-state index in [0.717, 1.165) is 12.1 Å². The first-order valence-electron chi connectivity index (χ1n) is 7.72. The summed E-state index contributed by atoms with van der Waals surface area (Å²) in [6, 6.07) is 9.02. The summed E-state index contributed by atoms with van der Waals surface area (Å²) in [7, 11) is -5.51. The van der Waals surface area contributed by atoms with E-state index < -0.39 is 26.2 Å². The predicted octanol–water partition coefficient (Wildman–Crippen LogP) is 3.71. The van der Waals surface area contributed by atoms with E-state index in [0.29, 0.717) is 12.1 Å². The van der Waals surface area contributed by atoms with E-state index in [2.05, 4.69) is 4.98 Å². The van der Waals surface area contributed by atoms with Crippen molar-refractivity contribution < 1.29 is 31.5 Å². The second-order valence-corrected chi connectivity index (χ2v) is 7.57. The van der Waals surface area contributed by atoms with Gasteiger partial charge in [0.25, 0.3) is 9.84 Å². The molecule has 0 aliphatic rings. The molecule has 10 heteroatoms. The molecule has 0 aliphatic heterocycles. The lowest BCUT2D eigenvalue weighted by molar-refractivity contribution is -0.0436. The summed E-state index contributed by atoms with van der Waals surface area (Å²) in [6.07, 6.45) is 0. The number of hydrogen-bond acceptors (Lipinski definition) is 4. The van der Waals surface area contributed by atoms with Crippen molar-refractivity contribution >= 4 is 26.8 Å². The summed E-state index contributed by atoms with van der Waals surface area (Å²) in [5.41, 5.74) is -4.74. The molecule has 0 spiro atoms. The number of nitrogens with zero attached hydrogens (tertiary/aromatic N) is 2. The van der Waals surface area contributed by atoms with Gasteiger partial charge in [0, 0.05) is 12.1 Å². The Balaban J connectivity index is 2.28. The summed E-state index contributed by atoms with van der Waals surface area (Å²) >= 11 is 0. The molecule has 0 saturated heterocycles.